The van der Waals surface area contributed by atoms with E-state index in [4.69, 9.17) is 0 Å². The van der Waals surface area contributed by atoms with Crippen molar-refractivity contribution in [2.45, 2.75) is 45.2 Å². The van der Waals surface area contributed by atoms with Gasteiger partial charge >= 0.3 is 0 Å². The van der Waals surface area contributed by atoms with E-state index < -0.39 is 10.0 Å². The SMILES string of the molecule is CCCn1nc(C)c(CN(C)S(=O)(=O)c2cccc3ccccc23)c1C. The molecule has 0 amide bonds. The number of nitrogens with zero attached hydrogens (tertiary/aromatic N) is 3. The Morgan fingerprint density at radius 2 is 1.77 bits per heavy atom. The molecule has 26 heavy (non-hydrogen) atoms. The summed E-state index contributed by atoms with van der Waals surface area (Å²) in [6, 6.07) is 13.0. The summed E-state index contributed by atoms with van der Waals surface area (Å²) in [5.41, 5.74) is 2.89. The minimum absolute atomic E-state index is 0.312. The standard InChI is InChI=1S/C20H25N3O2S/c1-5-13-23-16(3)19(15(2)21-23)14-22(4)26(24,25)20-12-8-10-17-9-6-7-11-18(17)20/h6-12H,5,13-14H2,1-4H3. The van der Waals surface area contributed by atoms with Gasteiger partial charge in [0.1, 0.15) is 0 Å². The van der Waals surface area contributed by atoms with Crippen molar-refractivity contribution in [3.63, 3.8) is 0 Å². The Hall–Kier alpha value is -2.18. The fraction of sp³-hybridized carbons (Fsp3) is 0.350. The number of hydrogen-bond acceptors (Lipinski definition) is 3. The first-order valence-electron chi connectivity index (χ1n) is 8.83. The molecule has 0 N–H and O–H groups in total. The third kappa shape index (κ3) is 3.27. The Morgan fingerprint density at radius 3 is 2.50 bits per heavy atom. The van der Waals surface area contributed by atoms with Crippen LogP contribution in [0.5, 0.6) is 0 Å². The third-order valence-corrected chi connectivity index (χ3v) is 6.65. The fourth-order valence-electron chi connectivity index (χ4n) is 3.29. The van der Waals surface area contributed by atoms with Crippen LogP contribution in [0.1, 0.15) is 30.3 Å². The van der Waals surface area contributed by atoms with Gasteiger partial charge in [0.05, 0.1) is 10.6 Å². The average molecular weight is 372 g/mol. The maximum atomic E-state index is 13.2. The summed E-state index contributed by atoms with van der Waals surface area (Å²) in [6.45, 7) is 7.20. The van der Waals surface area contributed by atoms with Gasteiger partial charge in [0.2, 0.25) is 10.0 Å². The van der Waals surface area contributed by atoms with Crippen LogP contribution in [-0.2, 0) is 23.1 Å². The zero-order valence-corrected chi connectivity index (χ0v) is 16.5. The number of sulfonamides is 1. The molecule has 3 rings (SSSR count). The van der Waals surface area contributed by atoms with Gasteiger partial charge in [-0.3, -0.25) is 4.68 Å². The molecule has 0 spiro atoms. The average Bonchev–Trinajstić information content (AvgIpc) is 2.89. The van der Waals surface area contributed by atoms with E-state index in [9.17, 15) is 8.42 Å². The predicted octanol–water partition coefficient (Wildman–Crippen LogP) is 3.88. The zero-order chi connectivity index (χ0) is 18.9. The maximum Gasteiger partial charge on any atom is 0.243 e. The lowest BCUT2D eigenvalue weighted by atomic mass is 10.1. The molecule has 138 valence electrons. The molecule has 0 bridgehead atoms. The minimum Gasteiger partial charge on any atom is -0.269 e. The molecule has 0 aliphatic rings. The lowest BCUT2D eigenvalue weighted by Gasteiger charge is -2.19. The van der Waals surface area contributed by atoms with E-state index in [2.05, 4.69) is 12.0 Å². The van der Waals surface area contributed by atoms with E-state index in [0.717, 1.165) is 40.7 Å². The first kappa shape index (κ1) is 18.6. The Labute approximate surface area is 155 Å². The molecule has 0 saturated heterocycles. The van der Waals surface area contributed by atoms with Gasteiger partial charge in [0, 0.05) is 36.8 Å². The summed E-state index contributed by atoms with van der Waals surface area (Å²) in [6.07, 6.45) is 0.992. The molecule has 0 atom stereocenters. The number of aromatic nitrogens is 2. The van der Waals surface area contributed by atoms with E-state index in [1.807, 2.05) is 48.9 Å². The largest absolute Gasteiger partial charge is 0.269 e. The molecular weight excluding hydrogens is 346 g/mol. The normalized spacial score (nSPS) is 12.2. The van der Waals surface area contributed by atoms with Gasteiger partial charge in [-0.2, -0.15) is 9.40 Å². The first-order chi connectivity index (χ1) is 12.4. The molecule has 0 aliphatic heterocycles. The van der Waals surface area contributed by atoms with Crippen LogP contribution < -0.4 is 0 Å². The van der Waals surface area contributed by atoms with Crippen LogP contribution in [0.3, 0.4) is 0 Å². The van der Waals surface area contributed by atoms with Gasteiger partial charge in [0.15, 0.2) is 0 Å². The van der Waals surface area contributed by atoms with E-state index in [1.165, 1.54) is 4.31 Å². The predicted molar refractivity (Wildman–Crippen MR) is 105 cm³/mol. The molecule has 0 fully saturated rings. The van der Waals surface area contributed by atoms with Crippen LogP contribution in [0.25, 0.3) is 10.8 Å². The van der Waals surface area contributed by atoms with Gasteiger partial charge in [-0.1, -0.05) is 43.3 Å². The monoisotopic (exact) mass is 371 g/mol. The quantitative estimate of drug-likeness (QED) is 0.661. The number of hydrogen-bond donors (Lipinski definition) is 0. The van der Waals surface area contributed by atoms with Crippen LogP contribution >= 0.6 is 0 Å². The van der Waals surface area contributed by atoms with E-state index in [-0.39, 0.29) is 0 Å². The Morgan fingerprint density at radius 1 is 1.08 bits per heavy atom. The van der Waals surface area contributed by atoms with E-state index in [1.54, 1.807) is 19.2 Å². The minimum atomic E-state index is -3.60. The second-order valence-corrected chi connectivity index (χ2v) is 8.62. The van der Waals surface area contributed by atoms with Crippen molar-refractivity contribution in [1.29, 1.82) is 0 Å². The van der Waals surface area contributed by atoms with Crippen molar-refractivity contribution >= 4 is 20.8 Å². The highest BCUT2D eigenvalue weighted by atomic mass is 32.2. The summed E-state index contributed by atoms with van der Waals surface area (Å²) >= 11 is 0. The highest BCUT2D eigenvalue weighted by Gasteiger charge is 2.25. The summed E-state index contributed by atoms with van der Waals surface area (Å²) in [4.78, 5) is 0.342. The van der Waals surface area contributed by atoms with Crippen LogP contribution in [0.4, 0.5) is 0 Å². The number of benzene rings is 2. The molecule has 6 heteroatoms. The summed E-state index contributed by atoms with van der Waals surface area (Å²) < 4.78 is 29.8. The van der Waals surface area contributed by atoms with Crippen LogP contribution in [-0.4, -0.2) is 29.6 Å². The van der Waals surface area contributed by atoms with Gasteiger partial charge in [0.25, 0.3) is 0 Å². The van der Waals surface area contributed by atoms with E-state index >= 15 is 0 Å². The summed E-state index contributed by atoms with van der Waals surface area (Å²) in [5, 5.41) is 6.22. The molecule has 3 aromatic rings. The number of aryl methyl sites for hydroxylation is 2. The summed E-state index contributed by atoms with van der Waals surface area (Å²) in [7, 11) is -1.97. The van der Waals surface area contributed by atoms with Crippen molar-refractivity contribution in [1.82, 2.24) is 14.1 Å². The molecule has 1 aromatic heterocycles. The summed E-state index contributed by atoms with van der Waals surface area (Å²) in [5.74, 6) is 0. The Bertz CT molecular complexity index is 1030. The second-order valence-electron chi connectivity index (χ2n) is 6.61. The molecule has 0 radical (unpaired) electrons. The van der Waals surface area contributed by atoms with Crippen LogP contribution in [0.2, 0.25) is 0 Å². The van der Waals surface area contributed by atoms with Crippen LogP contribution in [0.15, 0.2) is 47.4 Å². The van der Waals surface area contributed by atoms with Crippen molar-refractivity contribution in [3.05, 3.63) is 59.4 Å². The number of fused-ring (bicyclic) bond motifs is 1. The van der Waals surface area contributed by atoms with Gasteiger partial charge in [-0.05, 0) is 31.7 Å². The van der Waals surface area contributed by atoms with Crippen molar-refractivity contribution < 1.29 is 8.42 Å². The maximum absolute atomic E-state index is 13.2. The second kappa shape index (κ2) is 7.21. The van der Waals surface area contributed by atoms with Gasteiger partial charge in [-0.15, -0.1) is 0 Å². The van der Waals surface area contributed by atoms with Crippen molar-refractivity contribution in [2.75, 3.05) is 7.05 Å². The van der Waals surface area contributed by atoms with Gasteiger partial charge < -0.3 is 0 Å². The molecule has 0 saturated carbocycles. The van der Waals surface area contributed by atoms with Crippen molar-refractivity contribution in [2.24, 2.45) is 0 Å². The molecule has 5 nitrogen and oxygen atoms in total. The van der Waals surface area contributed by atoms with Crippen LogP contribution in [0, 0.1) is 13.8 Å². The topological polar surface area (TPSA) is 55.2 Å². The fourth-order valence-corrected chi connectivity index (χ4v) is 4.64. The first-order valence-corrected chi connectivity index (χ1v) is 10.3. The lowest BCUT2D eigenvalue weighted by Crippen LogP contribution is -2.27. The Balaban J connectivity index is 1.98. The lowest BCUT2D eigenvalue weighted by molar-refractivity contribution is 0.465. The smallest absolute Gasteiger partial charge is 0.243 e. The Kier molecular flexibility index (Phi) is 5.16. The molecule has 0 unspecified atom stereocenters. The van der Waals surface area contributed by atoms with E-state index in [0.29, 0.717) is 11.4 Å². The van der Waals surface area contributed by atoms with Gasteiger partial charge in [-0.25, -0.2) is 8.42 Å². The highest BCUT2D eigenvalue weighted by molar-refractivity contribution is 7.89. The molecule has 2 aromatic carbocycles. The zero-order valence-electron chi connectivity index (χ0n) is 15.7. The third-order valence-electron chi connectivity index (χ3n) is 4.79. The number of rotatable bonds is 6. The molecular formula is C20H25N3O2S. The molecule has 1 heterocycles. The highest BCUT2D eigenvalue weighted by Crippen LogP contribution is 2.27. The molecule has 0 aliphatic carbocycles. The van der Waals surface area contributed by atoms with Crippen molar-refractivity contribution in [3.8, 4) is 0 Å².